The lowest BCUT2D eigenvalue weighted by atomic mass is 9.84. The van der Waals surface area contributed by atoms with Gasteiger partial charge in [-0.3, -0.25) is 0 Å². The first-order chi connectivity index (χ1) is 4.41. The summed E-state index contributed by atoms with van der Waals surface area (Å²) >= 11 is 0. The van der Waals surface area contributed by atoms with E-state index in [2.05, 4.69) is 10.6 Å². The van der Waals surface area contributed by atoms with Crippen molar-refractivity contribution < 1.29 is 0 Å². The van der Waals surface area contributed by atoms with Crippen LogP contribution in [-0.4, -0.2) is 25.2 Å². The Morgan fingerprint density at radius 1 is 1.11 bits per heavy atom. The molecule has 2 fully saturated rings. The van der Waals surface area contributed by atoms with Crippen LogP contribution in [0.15, 0.2) is 0 Å². The predicted molar refractivity (Wildman–Crippen MR) is 37.5 cm³/mol. The van der Waals surface area contributed by atoms with Crippen LogP contribution in [0.25, 0.3) is 0 Å². The first-order valence-corrected chi connectivity index (χ1v) is 3.87. The summed E-state index contributed by atoms with van der Waals surface area (Å²) < 4.78 is 0. The van der Waals surface area contributed by atoms with Crippen molar-refractivity contribution in [3.8, 4) is 0 Å². The second kappa shape index (κ2) is 1.96. The molecule has 2 heteroatoms. The van der Waals surface area contributed by atoms with Gasteiger partial charge in [-0.1, -0.05) is 6.42 Å². The van der Waals surface area contributed by atoms with E-state index in [0.29, 0.717) is 5.54 Å². The van der Waals surface area contributed by atoms with E-state index in [-0.39, 0.29) is 0 Å². The molecule has 0 aromatic rings. The van der Waals surface area contributed by atoms with Crippen molar-refractivity contribution in [2.45, 2.75) is 24.8 Å². The van der Waals surface area contributed by atoms with Gasteiger partial charge in [0.15, 0.2) is 0 Å². The van der Waals surface area contributed by atoms with Crippen LogP contribution in [0.5, 0.6) is 0 Å². The smallest absolute Gasteiger partial charge is 0.0432 e. The van der Waals surface area contributed by atoms with Gasteiger partial charge in [0.1, 0.15) is 0 Å². The highest BCUT2D eigenvalue weighted by atomic mass is 15.1. The van der Waals surface area contributed by atoms with Gasteiger partial charge in [-0.15, -0.1) is 0 Å². The quantitative estimate of drug-likeness (QED) is 0.481. The molecule has 2 aliphatic rings. The second-order valence-corrected chi connectivity index (χ2v) is 3.27. The summed E-state index contributed by atoms with van der Waals surface area (Å²) in [5.74, 6) is 0. The molecule has 0 bridgehead atoms. The van der Waals surface area contributed by atoms with Gasteiger partial charge < -0.3 is 10.6 Å². The molecule has 1 spiro atoms. The average molecular weight is 126 g/mol. The van der Waals surface area contributed by atoms with Crippen LogP contribution in [0.2, 0.25) is 0 Å². The van der Waals surface area contributed by atoms with Crippen molar-refractivity contribution in [2.75, 3.05) is 19.6 Å². The summed E-state index contributed by atoms with van der Waals surface area (Å²) in [5, 5.41) is 6.88. The van der Waals surface area contributed by atoms with E-state index in [4.69, 9.17) is 0 Å². The summed E-state index contributed by atoms with van der Waals surface area (Å²) in [5.41, 5.74) is 0.540. The van der Waals surface area contributed by atoms with Crippen LogP contribution in [0.3, 0.4) is 0 Å². The van der Waals surface area contributed by atoms with Crippen molar-refractivity contribution in [3.05, 3.63) is 0 Å². The van der Waals surface area contributed by atoms with Crippen LogP contribution < -0.4 is 10.6 Å². The number of hydrogen-bond acceptors (Lipinski definition) is 2. The molecule has 0 radical (unpaired) electrons. The maximum Gasteiger partial charge on any atom is 0.0432 e. The zero-order valence-corrected chi connectivity index (χ0v) is 5.74. The van der Waals surface area contributed by atoms with Gasteiger partial charge in [0.05, 0.1) is 0 Å². The van der Waals surface area contributed by atoms with Gasteiger partial charge in [0.25, 0.3) is 0 Å². The lowest BCUT2D eigenvalue weighted by Crippen LogP contribution is -2.68. The van der Waals surface area contributed by atoms with E-state index in [1.54, 1.807) is 0 Å². The van der Waals surface area contributed by atoms with Crippen molar-refractivity contribution in [1.82, 2.24) is 10.6 Å². The molecular formula is C7H14N2. The second-order valence-electron chi connectivity index (χ2n) is 3.27. The zero-order valence-electron chi connectivity index (χ0n) is 5.74. The standard InChI is InChI=1S/C7H14N2/c1-2-4-9-7(3-1)5-8-6-7/h8-9H,1-6H2. The van der Waals surface area contributed by atoms with E-state index in [1.807, 2.05) is 0 Å². The third-order valence-corrected chi connectivity index (χ3v) is 2.51. The van der Waals surface area contributed by atoms with E-state index in [1.165, 1.54) is 38.9 Å². The first kappa shape index (κ1) is 5.69. The van der Waals surface area contributed by atoms with Crippen molar-refractivity contribution in [3.63, 3.8) is 0 Å². The highest BCUT2D eigenvalue weighted by Gasteiger charge is 2.36. The molecule has 0 amide bonds. The summed E-state index contributed by atoms with van der Waals surface area (Å²) in [4.78, 5) is 0. The molecule has 0 atom stereocenters. The molecule has 0 unspecified atom stereocenters. The monoisotopic (exact) mass is 126 g/mol. The Bertz CT molecular complexity index is 99.5. The molecule has 2 saturated heterocycles. The molecule has 2 heterocycles. The summed E-state index contributed by atoms with van der Waals surface area (Å²) in [6, 6.07) is 0. The zero-order chi connectivity index (χ0) is 6.16. The van der Waals surface area contributed by atoms with Crippen LogP contribution in [0.1, 0.15) is 19.3 Å². The molecule has 2 nitrogen and oxygen atoms in total. The number of rotatable bonds is 0. The number of nitrogens with one attached hydrogen (secondary N) is 2. The number of hydrogen-bond donors (Lipinski definition) is 2. The molecule has 0 aliphatic carbocycles. The van der Waals surface area contributed by atoms with Crippen LogP contribution in [0.4, 0.5) is 0 Å². The van der Waals surface area contributed by atoms with Crippen LogP contribution in [-0.2, 0) is 0 Å². The van der Waals surface area contributed by atoms with Gasteiger partial charge in [-0.2, -0.15) is 0 Å². The average Bonchev–Trinajstić information content (AvgIpc) is 1.87. The molecule has 9 heavy (non-hydrogen) atoms. The fraction of sp³-hybridized carbons (Fsp3) is 1.00. The van der Waals surface area contributed by atoms with E-state index in [9.17, 15) is 0 Å². The minimum Gasteiger partial charge on any atom is -0.313 e. The SMILES string of the molecule is C1CCC2(CNC2)NC1. The van der Waals surface area contributed by atoms with Gasteiger partial charge in [-0.05, 0) is 19.4 Å². The Kier molecular flexibility index (Phi) is 1.24. The Morgan fingerprint density at radius 3 is 2.33 bits per heavy atom. The van der Waals surface area contributed by atoms with Crippen LogP contribution in [0, 0.1) is 0 Å². The Balaban J connectivity index is 1.93. The highest BCUT2D eigenvalue weighted by Crippen LogP contribution is 2.22. The van der Waals surface area contributed by atoms with E-state index >= 15 is 0 Å². The van der Waals surface area contributed by atoms with E-state index in [0.717, 1.165) is 0 Å². The van der Waals surface area contributed by atoms with Gasteiger partial charge in [0, 0.05) is 18.6 Å². The molecule has 0 aromatic carbocycles. The topological polar surface area (TPSA) is 24.1 Å². The first-order valence-electron chi connectivity index (χ1n) is 3.87. The third-order valence-electron chi connectivity index (χ3n) is 2.51. The van der Waals surface area contributed by atoms with E-state index < -0.39 is 0 Å². The fourth-order valence-corrected chi connectivity index (χ4v) is 1.76. The van der Waals surface area contributed by atoms with Gasteiger partial charge in [0.2, 0.25) is 0 Å². The van der Waals surface area contributed by atoms with Crippen molar-refractivity contribution in [1.29, 1.82) is 0 Å². The maximum absolute atomic E-state index is 3.57. The summed E-state index contributed by atoms with van der Waals surface area (Å²) in [7, 11) is 0. The van der Waals surface area contributed by atoms with Gasteiger partial charge >= 0.3 is 0 Å². The lowest BCUT2D eigenvalue weighted by molar-refractivity contribution is 0.169. The largest absolute Gasteiger partial charge is 0.313 e. The Morgan fingerprint density at radius 2 is 2.00 bits per heavy atom. The molecule has 2 rings (SSSR count). The minimum atomic E-state index is 0.540. The Hall–Kier alpha value is -0.0800. The third kappa shape index (κ3) is 0.864. The van der Waals surface area contributed by atoms with Crippen molar-refractivity contribution >= 4 is 0 Å². The fourth-order valence-electron chi connectivity index (χ4n) is 1.76. The maximum atomic E-state index is 3.57. The van der Waals surface area contributed by atoms with Gasteiger partial charge in [-0.25, -0.2) is 0 Å². The molecular weight excluding hydrogens is 112 g/mol. The summed E-state index contributed by atoms with van der Waals surface area (Å²) in [6.45, 7) is 3.64. The molecule has 0 saturated carbocycles. The highest BCUT2D eigenvalue weighted by molar-refractivity contribution is 5.01. The normalized spacial score (nSPS) is 32.0. The summed E-state index contributed by atoms with van der Waals surface area (Å²) in [6.07, 6.45) is 4.19. The van der Waals surface area contributed by atoms with Crippen LogP contribution >= 0.6 is 0 Å². The lowest BCUT2D eigenvalue weighted by Gasteiger charge is -2.46. The predicted octanol–water partition coefficient (Wildman–Crippen LogP) is 0.102. The number of piperidine rings is 1. The molecule has 2 aliphatic heterocycles. The molecule has 0 aromatic heterocycles. The Labute approximate surface area is 56.0 Å². The van der Waals surface area contributed by atoms with Crippen molar-refractivity contribution in [2.24, 2.45) is 0 Å². The molecule has 2 N–H and O–H groups in total. The molecule has 52 valence electrons. The minimum absolute atomic E-state index is 0.540.